The molecule has 0 atom stereocenters. The molecule has 2 rings (SSSR count). The van der Waals surface area contributed by atoms with Crippen molar-refractivity contribution < 1.29 is 19.2 Å². The molecule has 0 radical (unpaired) electrons. The Bertz CT molecular complexity index is 526. The van der Waals surface area contributed by atoms with E-state index in [-0.39, 0.29) is 12.2 Å². The van der Waals surface area contributed by atoms with E-state index >= 15 is 0 Å². The van der Waals surface area contributed by atoms with Gasteiger partial charge in [-0.2, -0.15) is 0 Å². The van der Waals surface area contributed by atoms with Crippen LogP contribution in [0.5, 0.6) is 5.75 Å². The number of carbonyl (C=O) groups is 1. The van der Waals surface area contributed by atoms with Gasteiger partial charge in [-0.25, -0.2) is 0 Å². The summed E-state index contributed by atoms with van der Waals surface area (Å²) < 4.78 is 11.8. The lowest BCUT2D eigenvalue weighted by Crippen LogP contribution is -2.41. The van der Waals surface area contributed by atoms with Gasteiger partial charge in [0.15, 0.2) is 0 Å². The molecule has 20 heavy (non-hydrogen) atoms. The first-order valence-electron chi connectivity index (χ1n) is 6.59. The molecule has 1 aromatic carbocycles. The van der Waals surface area contributed by atoms with Gasteiger partial charge in [0.05, 0.1) is 17.6 Å². The molecule has 0 spiro atoms. The molecule has 108 valence electrons. The highest BCUT2D eigenvalue weighted by Gasteiger charge is 2.52. The van der Waals surface area contributed by atoms with Crippen LogP contribution in [0, 0.1) is 0 Å². The van der Waals surface area contributed by atoms with Crippen molar-refractivity contribution in [2.24, 2.45) is 5.73 Å². The summed E-state index contributed by atoms with van der Waals surface area (Å²) in [6.07, 6.45) is -0.0147. The molecule has 0 aromatic heterocycles. The quantitative estimate of drug-likeness (QED) is 0.797. The SMILES string of the molecule is CC1(C)OB(c2cccc(CC(N)=O)c2O)OC1(C)C. The number of phenols is 1. The number of nitrogens with two attached hydrogens (primary N) is 1. The van der Waals surface area contributed by atoms with Crippen molar-refractivity contribution in [2.75, 3.05) is 0 Å². The number of aromatic hydroxyl groups is 1. The third-order valence-electron chi connectivity index (χ3n) is 4.02. The van der Waals surface area contributed by atoms with E-state index in [4.69, 9.17) is 15.0 Å². The average Bonchev–Trinajstić information content (AvgIpc) is 2.50. The Labute approximate surface area is 119 Å². The highest BCUT2D eigenvalue weighted by atomic mass is 16.7. The maximum absolute atomic E-state index is 11.0. The Morgan fingerprint density at radius 3 is 2.30 bits per heavy atom. The van der Waals surface area contributed by atoms with Gasteiger partial charge in [0.25, 0.3) is 0 Å². The number of primary amides is 1. The third-order valence-corrected chi connectivity index (χ3v) is 4.02. The van der Waals surface area contributed by atoms with E-state index < -0.39 is 24.2 Å². The summed E-state index contributed by atoms with van der Waals surface area (Å²) in [7, 11) is -0.659. The number of hydrogen-bond acceptors (Lipinski definition) is 4. The summed E-state index contributed by atoms with van der Waals surface area (Å²) in [5.41, 5.74) is 5.20. The van der Waals surface area contributed by atoms with Crippen LogP contribution in [-0.4, -0.2) is 29.3 Å². The summed E-state index contributed by atoms with van der Waals surface area (Å²) in [5, 5.41) is 10.3. The highest BCUT2D eigenvalue weighted by molar-refractivity contribution is 6.63. The minimum Gasteiger partial charge on any atom is -0.508 e. The minimum atomic E-state index is -0.659. The van der Waals surface area contributed by atoms with Gasteiger partial charge in [0.2, 0.25) is 5.91 Å². The van der Waals surface area contributed by atoms with E-state index in [2.05, 4.69) is 0 Å². The van der Waals surface area contributed by atoms with E-state index in [0.717, 1.165) is 0 Å². The van der Waals surface area contributed by atoms with Crippen molar-refractivity contribution in [1.29, 1.82) is 0 Å². The van der Waals surface area contributed by atoms with Gasteiger partial charge in [-0.1, -0.05) is 18.2 Å². The zero-order chi connectivity index (χ0) is 15.1. The monoisotopic (exact) mass is 277 g/mol. The first-order valence-corrected chi connectivity index (χ1v) is 6.59. The molecule has 0 aliphatic carbocycles. The van der Waals surface area contributed by atoms with E-state index in [9.17, 15) is 9.90 Å². The maximum Gasteiger partial charge on any atom is 0.498 e. The zero-order valence-electron chi connectivity index (χ0n) is 12.3. The van der Waals surface area contributed by atoms with Crippen LogP contribution in [0.3, 0.4) is 0 Å². The third kappa shape index (κ3) is 2.53. The summed E-state index contributed by atoms with van der Waals surface area (Å²) in [4.78, 5) is 11.0. The fourth-order valence-corrected chi connectivity index (χ4v) is 2.10. The van der Waals surface area contributed by atoms with Crippen molar-refractivity contribution in [3.05, 3.63) is 23.8 Å². The number of benzene rings is 1. The molecule has 6 heteroatoms. The van der Waals surface area contributed by atoms with E-state index in [0.29, 0.717) is 11.0 Å². The lowest BCUT2D eigenvalue weighted by molar-refractivity contribution is -0.117. The van der Waals surface area contributed by atoms with E-state index in [1.807, 2.05) is 27.7 Å². The molecule has 1 fully saturated rings. The largest absolute Gasteiger partial charge is 0.508 e. The standard InChI is InChI=1S/C14H20BNO4/c1-13(2)14(3,4)20-15(19-13)10-7-5-6-9(12(10)18)8-11(16)17/h5-7,18H,8H2,1-4H3,(H2,16,17). The Balaban J connectivity index is 2.34. The van der Waals surface area contributed by atoms with Crippen molar-refractivity contribution in [1.82, 2.24) is 0 Å². The van der Waals surface area contributed by atoms with Crippen molar-refractivity contribution in [3.63, 3.8) is 0 Å². The fourth-order valence-electron chi connectivity index (χ4n) is 2.10. The van der Waals surface area contributed by atoms with Crippen LogP contribution in [0.4, 0.5) is 0 Å². The predicted molar refractivity (Wildman–Crippen MR) is 76.7 cm³/mol. The normalized spacial score (nSPS) is 20.1. The Morgan fingerprint density at radius 1 is 1.25 bits per heavy atom. The van der Waals surface area contributed by atoms with Crippen LogP contribution in [0.25, 0.3) is 0 Å². The Hall–Kier alpha value is -1.53. The first-order chi connectivity index (χ1) is 9.14. The second kappa shape index (κ2) is 4.79. The molecule has 0 bridgehead atoms. The second-order valence-corrected chi connectivity index (χ2v) is 6.09. The molecule has 1 aromatic rings. The molecular formula is C14H20BNO4. The predicted octanol–water partition coefficient (Wildman–Crippen LogP) is 0.719. The number of para-hydroxylation sites is 1. The smallest absolute Gasteiger partial charge is 0.498 e. The fraction of sp³-hybridized carbons (Fsp3) is 0.500. The van der Waals surface area contributed by atoms with Crippen LogP contribution in [0.1, 0.15) is 33.3 Å². The summed E-state index contributed by atoms with van der Waals surface area (Å²) in [6.45, 7) is 7.77. The maximum atomic E-state index is 11.0. The summed E-state index contributed by atoms with van der Waals surface area (Å²) >= 11 is 0. The average molecular weight is 277 g/mol. The van der Waals surface area contributed by atoms with Gasteiger partial charge < -0.3 is 20.1 Å². The van der Waals surface area contributed by atoms with Crippen molar-refractivity contribution in [3.8, 4) is 5.75 Å². The van der Waals surface area contributed by atoms with E-state index in [1.54, 1.807) is 18.2 Å². The lowest BCUT2D eigenvalue weighted by Gasteiger charge is -2.32. The van der Waals surface area contributed by atoms with Gasteiger partial charge >= 0.3 is 7.12 Å². The van der Waals surface area contributed by atoms with Crippen molar-refractivity contribution >= 4 is 18.5 Å². The first kappa shape index (κ1) is 14.9. The molecule has 1 amide bonds. The number of phenolic OH excluding ortho intramolecular Hbond substituents is 1. The van der Waals surface area contributed by atoms with Gasteiger partial charge in [0, 0.05) is 11.0 Å². The van der Waals surface area contributed by atoms with Crippen molar-refractivity contribution in [2.45, 2.75) is 45.3 Å². The van der Waals surface area contributed by atoms with Crippen LogP contribution in [0.15, 0.2) is 18.2 Å². The van der Waals surface area contributed by atoms with Crippen LogP contribution < -0.4 is 11.2 Å². The van der Waals surface area contributed by atoms with Gasteiger partial charge in [-0.05, 0) is 27.7 Å². The lowest BCUT2D eigenvalue weighted by atomic mass is 9.77. The molecular weight excluding hydrogens is 257 g/mol. The summed E-state index contributed by atoms with van der Waals surface area (Å²) in [6, 6.07) is 5.13. The Kier molecular flexibility index (Phi) is 3.56. The molecule has 1 aliphatic heterocycles. The van der Waals surface area contributed by atoms with E-state index in [1.165, 1.54) is 0 Å². The number of carbonyl (C=O) groups excluding carboxylic acids is 1. The molecule has 1 aliphatic rings. The zero-order valence-corrected chi connectivity index (χ0v) is 12.3. The highest BCUT2D eigenvalue weighted by Crippen LogP contribution is 2.37. The topological polar surface area (TPSA) is 81.8 Å². The Morgan fingerprint density at radius 2 is 1.80 bits per heavy atom. The molecule has 0 unspecified atom stereocenters. The van der Waals surface area contributed by atoms with Gasteiger partial charge in [-0.3, -0.25) is 4.79 Å². The second-order valence-electron chi connectivity index (χ2n) is 6.09. The molecule has 1 saturated heterocycles. The van der Waals surface area contributed by atoms with Crippen LogP contribution in [-0.2, 0) is 20.5 Å². The number of rotatable bonds is 3. The molecule has 5 nitrogen and oxygen atoms in total. The summed E-state index contributed by atoms with van der Waals surface area (Å²) in [5.74, 6) is -0.490. The molecule has 3 N–H and O–H groups in total. The van der Waals surface area contributed by atoms with Crippen LogP contribution >= 0.6 is 0 Å². The number of hydrogen-bond donors (Lipinski definition) is 2. The number of amides is 1. The van der Waals surface area contributed by atoms with Gasteiger partial charge in [0.1, 0.15) is 5.75 Å². The van der Waals surface area contributed by atoms with Gasteiger partial charge in [-0.15, -0.1) is 0 Å². The minimum absolute atomic E-state index is 0.00444. The molecule has 1 heterocycles. The molecule has 0 saturated carbocycles. The van der Waals surface area contributed by atoms with Crippen LogP contribution in [0.2, 0.25) is 0 Å².